The van der Waals surface area contributed by atoms with Crippen LogP contribution in [-0.2, 0) is 0 Å². The van der Waals surface area contributed by atoms with E-state index in [9.17, 15) is 0 Å². The first-order valence-corrected chi connectivity index (χ1v) is 14.4. The maximum absolute atomic E-state index is 2.34. The van der Waals surface area contributed by atoms with E-state index in [1.807, 2.05) is 0 Å². The topological polar surface area (TPSA) is 0 Å². The van der Waals surface area contributed by atoms with Gasteiger partial charge in [-0.05, 0) is 109 Å². The van der Waals surface area contributed by atoms with Crippen LogP contribution >= 0.6 is 0 Å². The lowest BCUT2D eigenvalue weighted by Crippen LogP contribution is -1.89. The molecule has 42 heavy (non-hydrogen) atoms. The fraction of sp³-hybridized carbons (Fsp3) is 0. The first-order valence-electron chi connectivity index (χ1n) is 14.4. The fourth-order valence-electron chi connectivity index (χ4n) is 5.66. The molecule has 0 nitrogen and oxygen atoms in total. The van der Waals surface area contributed by atoms with Crippen LogP contribution in [0.1, 0.15) is 0 Å². The Morgan fingerprint density at radius 3 is 0.667 bits per heavy atom. The monoisotopic (exact) mass is 534 g/mol. The van der Waals surface area contributed by atoms with E-state index >= 15 is 0 Å². The SMILES string of the molecule is c1ccc(-c2cccc(-c3cc(-c4ccccc4)cc(-c4cc(-c5ccccc5)cc(-c5ccccc5)c4)c3)c2)cc1. The predicted molar refractivity (Wildman–Crippen MR) is 179 cm³/mol. The van der Waals surface area contributed by atoms with Gasteiger partial charge in [0.1, 0.15) is 0 Å². The molecular weight excluding hydrogens is 504 g/mol. The second-order valence-electron chi connectivity index (χ2n) is 10.6. The van der Waals surface area contributed by atoms with Crippen LogP contribution in [-0.4, -0.2) is 0 Å². The standard InChI is InChI=1S/C42H30/c1-5-14-31(15-6-1)35-22-13-23-36(24-35)40-26-39(34-20-11-4-12-21-34)29-42(30-40)41-27-37(32-16-7-2-8-17-32)25-38(28-41)33-18-9-3-10-19-33/h1-30H. The van der Waals surface area contributed by atoms with E-state index in [0.29, 0.717) is 0 Å². The van der Waals surface area contributed by atoms with Gasteiger partial charge in [-0.25, -0.2) is 0 Å². The second-order valence-corrected chi connectivity index (χ2v) is 10.6. The highest BCUT2D eigenvalue weighted by Gasteiger charge is 2.12. The molecule has 7 aromatic carbocycles. The molecule has 0 heterocycles. The summed E-state index contributed by atoms with van der Waals surface area (Å²) in [6.07, 6.45) is 0. The van der Waals surface area contributed by atoms with Gasteiger partial charge in [-0.15, -0.1) is 0 Å². The van der Waals surface area contributed by atoms with Gasteiger partial charge in [-0.3, -0.25) is 0 Å². The van der Waals surface area contributed by atoms with E-state index in [4.69, 9.17) is 0 Å². The zero-order valence-corrected chi connectivity index (χ0v) is 23.3. The third-order valence-corrected chi connectivity index (χ3v) is 7.82. The van der Waals surface area contributed by atoms with E-state index in [-0.39, 0.29) is 0 Å². The van der Waals surface area contributed by atoms with Crippen molar-refractivity contribution in [3.05, 3.63) is 182 Å². The van der Waals surface area contributed by atoms with Crippen LogP contribution in [0.4, 0.5) is 0 Å². The summed E-state index contributed by atoms with van der Waals surface area (Å²) in [4.78, 5) is 0. The van der Waals surface area contributed by atoms with Crippen molar-refractivity contribution in [1.82, 2.24) is 0 Å². The van der Waals surface area contributed by atoms with E-state index < -0.39 is 0 Å². The minimum atomic E-state index is 1.20. The Kier molecular flexibility index (Phi) is 7.02. The predicted octanol–water partition coefficient (Wildman–Crippen LogP) is 11.7. The van der Waals surface area contributed by atoms with Crippen molar-refractivity contribution in [1.29, 1.82) is 0 Å². The van der Waals surface area contributed by atoms with Gasteiger partial charge >= 0.3 is 0 Å². The van der Waals surface area contributed by atoms with Gasteiger partial charge in [-0.2, -0.15) is 0 Å². The minimum Gasteiger partial charge on any atom is -0.0622 e. The molecule has 0 spiro atoms. The van der Waals surface area contributed by atoms with Crippen LogP contribution in [0.15, 0.2) is 182 Å². The average Bonchev–Trinajstić information content (AvgIpc) is 3.09. The molecule has 0 N–H and O–H groups in total. The van der Waals surface area contributed by atoms with Gasteiger partial charge in [0.15, 0.2) is 0 Å². The Bertz CT molecular complexity index is 1880. The van der Waals surface area contributed by atoms with Crippen LogP contribution in [0.25, 0.3) is 66.8 Å². The summed E-state index contributed by atoms with van der Waals surface area (Å²) >= 11 is 0. The molecule has 198 valence electrons. The highest BCUT2D eigenvalue weighted by Crippen LogP contribution is 2.38. The molecule has 0 saturated heterocycles. The molecule has 0 atom stereocenters. The molecule has 0 aliphatic carbocycles. The molecule has 0 aromatic heterocycles. The zero-order chi connectivity index (χ0) is 28.1. The maximum atomic E-state index is 2.34. The van der Waals surface area contributed by atoms with E-state index in [2.05, 4.69) is 182 Å². The first kappa shape index (κ1) is 25.5. The molecule has 7 rings (SSSR count). The fourth-order valence-corrected chi connectivity index (χ4v) is 5.66. The van der Waals surface area contributed by atoms with Gasteiger partial charge in [0.05, 0.1) is 0 Å². The summed E-state index contributed by atoms with van der Waals surface area (Å²) in [6, 6.07) is 65.5. The van der Waals surface area contributed by atoms with Gasteiger partial charge in [0.2, 0.25) is 0 Å². The smallest absolute Gasteiger partial charge is 0.0171 e. The highest BCUT2D eigenvalue weighted by atomic mass is 14.2. The van der Waals surface area contributed by atoms with E-state index in [1.54, 1.807) is 0 Å². The Hall–Kier alpha value is -5.46. The lowest BCUT2D eigenvalue weighted by molar-refractivity contribution is 1.54. The number of benzene rings is 7. The maximum Gasteiger partial charge on any atom is -0.0171 e. The lowest BCUT2D eigenvalue weighted by atomic mass is 9.89. The van der Waals surface area contributed by atoms with Crippen molar-refractivity contribution < 1.29 is 0 Å². The van der Waals surface area contributed by atoms with Gasteiger partial charge in [0.25, 0.3) is 0 Å². The summed E-state index contributed by atoms with van der Waals surface area (Å²) in [5.74, 6) is 0. The molecule has 0 heteroatoms. The normalized spacial score (nSPS) is 10.9. The molecule has 0 unspecified atom stereocenters. The Morgan fingerprint density at radius 2 is 0.333 bits per heavy atom. The molecule has 0 saturated carbocycles. The van der Waals surface area contributed by atoms with Crippen LogP contribution < -0.4 is 0 Å². The van der Waals surface area contributed by atoms with E-state index in [0.717, 1.165) is 0 Å². The van der Waals surface area contributed by atoms with Crippen molar-refractivity contribution in [2.75, 3.05) is 0 Å². The Morgan fingerprint density at radius 1 is 0.143 bits per heavy atom. The van der Waals surface area contributed by atoms with Crippen LogP contribution in [0.2, 0.25) is 0 Å². The Labute approximate surface area is 248 Å². The molecule has 0 aliphatic heterocycles. The van der Waals surface area contributed by atoms with Gasteiger partial charge in [0, 0.05) is 0 Å². The minimum absolute atomic E-state index is 1.20. The van der Waals surface area contributed by atoms with Crippen molar-refractivity contribution in [3.63, 3.8) is 0 Å². The average molecular weight is 535 g/mol. The molecule has 0 aliphatic rings. The number of hydrogen-bond donors (Lipinski definition) is 0. The van der Waals surface area contributed by atoms with Crippen LogP contribution in [0, 0.1) is 0 Å². The first-order chi connectivity index (χ1) is 20.8. The zero-order valence-electron chi connectivity index (χ0n) is 23.3. The quantitative estimate of drug-likeness (QED) is 0.199. The van der Waals surface area contributed by atoms with Gasteiger partial charge in [-0.1, -0.05) is 140 Å². The highest BCUT2D eigenvalue weighted by molar-refractivity contribution is 5.86. The number of hydrogen-bond acceptors (Lipinski definition) is 0. The molecule has 0 bridgehead atoms. The largest absolute Gasteiger partial charge is 0.0622 e. The van der Waals surface area contributed by atoms with Crippen molar-refractivity contribution in [2.45, 2.75) is 0 Å². The lowest BCUT2D eigenvalue weighted by Gasteiger charge is -2.15. The summed E-state index contributed by atoms with van der Waals surface area (Å²) in [7, 11) is 0. The molecule has 7 aromatic rings. The van der Waals surface area contributed by atoms with Crippen molar-refractivity contribution in [2.24, 2.45) is 0 Å². The molecular formula is C42H30. The number of rotatable bonds is 6. The summed E-state index contributed by atoms with van der Waals surface area (Å²) < 4.78 is 0. The third kappa shape index (κ3) is 5.44. The summed E-state index contributed by atoms with van der Waals surface area (Å²) in [6.45, 7) is 0. The Balaban J connectivity index is 1.43. The van der Waals surface area contributed by atoms with Gasteiger partial charge < -0.3 is 0 Å². The second kappa shape index (κ2) is 11.6. The summed E-state index contributed by atoms with van der Waals surface area (Å²) in [5.41, 5.74) is 14.5. The molecule has 0 radical (unpaired) electrons. The van der Waals surface area contributed by atoms with Crippen molar-refractivity contribution in [3.8, 4) is 66.8 Å². The van der Waals surface area contributed by atoms with Crippen molar-refractivity contribution >= 4 is 0 Å². The van der Waals surface area contributed by atoms with Crippen LogP contribution in [0.3, 0.4) is 0 Å². The van der Waals surface area contributed by atoms with E-state index in [1.165, 1.54) is 66.8 Å². The molecule has 0 fully saturated rings. The molecule has 0 amide bonds. The third-order valence-electron chi connectivity index (χ3n) is 7.82. The summed E-state index contributed by atoms with van der Waals surface area (Å²) in [5, 5.41) is 0. The van der Waals surface area contributed by atoms with Crippen LogP contribution in [0.5, 0.6) is 0 Å².